The van der Waals surface area contributed by atoms with E-state index in [1.807, 2.05) is 0 Å². The lowest BCUT2D eigenvalue weighted by molar-refractivity contribution is -0.142. The fourth-order valence-corrected chi connectivity index (χ4v) is 5.26. The number of carboxylic acid groups (broad SMARTS) is 2. The van der Waals surface area contributed by atoms with Gasteiger partial charge in [0.15, 0.2) is 0 Å². The van der Waals surface area contributed by atoms with Gasteiger partial charge in [0.2, 0.25) is 17.7 Å². The maximum Gasteiger partial charge on any atom is 0.326 e. The molecule has 0 spiro atoms. The maximum absolute atomic E-state index is 12.3. The molecule has 0 unspecified atom stereocenters. The molecule has 0 aromatic heterocycles. The van der Waals surface area contributed by atoms with Gasteiger partial charge in [0.25, 0.3) is 0 Å². The lowest BCUT2D eigenvalue weighted by Gasteiger charge is -2.15. The Morgan fingerprint density at radius 3 is 1.43 bits per heavy atom. The maximum atomic E-state index is 12.3. The number of carbonyl (C=O) groups is 5. The molecule has 0 rings (SSSR count). The number of hydrogen-bond donors (Lipinski definition) is 6. The van der Waals surface area contributed by atoms with E-state index in [9.17, 15) is 29.1 Å². The molecule has 0 saturated heterocycles. The van der Waals surface area contributed by atoms with E-state index in [-0.39, 0.29) is 50.4 Å². The Bertz CT molecular complexity index is 927. The molecule has 0 aliphatic heterocycles. The van der Waals surface area contributed by atoms with E-state index in [0.717, 1.165) is 57.8 Å². The van der Waals surface area contributed by atoms with Crippen molar-refractivity contribution < 1.29 is 53.1 Å². The van der Waals surface area contributed by atoms with Crippen molar-refractivity contribution in [1.82, 2.24) is 21.3 Å². The van der Waals surface area contributed by atoms with Crippen molar-refractivity contribution in [3.05, 3.63) is 0 Å². The van der Waals surface area contributed by atoms with Crippen molar-refractivity contribution in [3.8, 4) is 0 Å². The number of nitrogens with one attached hydrogen (secondary N) is 4. The summed E-state index contributed by atoms with van der Waals surface area (Å²) in [5.74, 6) is -2.39. The summed E-state index contributed by atoms with van der Waals surface area (Å²) in [5, 5.41) is 29.3. The van der Waals surface area contributed by atoms with Crippen LogP contribution >= 0.6 is 0 Å². The van der Waals surface area contributed by atoms with Crippen molar-refractivity contribution in [2.75, 3.05) is 79.0 Å². The number of unbranched alkanes of at least 4 members (excludes halogenated alkanes) is 14. The molecule has 0 bridgehead atoms. The molecule has 1 atom stereocenters. The molecular formula is C38H72N4O11. The molecule has 0 aromatic rings. The molecule has 3 amide bonds. The second-order valence-electron chi connectivity index (χ2n) is 13.2. The Balaban J connectivity index is 3.55. The van der Waals surface area contributed by atoms with Gasteiger partial charge < -0.3 is 50.4 Å². The van der Waals surface area contributed by atoms with Crippen LogP contribution in [0, 0.1) is 0 Å². The summed E-state index contributed by atoms with van der Waals surface area (Å²) in [6.07, 6.45) is 18.3. The molecule has 53 heavy (non-hydrogen) atoms. The minimum atomic E-state index is -1.05. The van der Waals surface area contributed by atoms with Gasteiger partial charge >= 0.3 is 11.9 Å². The third kappa shape index (κ3) is 38.7. The standard InChI is InChI=1S/C38H72N4O11/c1-2-3-21-40-35(44)31-52-30-28-51-26-24-41-36(45)32-53-29-27-50-25-23-39-22-20-33(38(48)49)42-34(43)18-16-14-12-10-8-6-4-5-7-9-11-13-15-17-19-37(46)47/h33,39H,2-32H2,1H3,(H,40,44)(H,41,45)(H,42,43)(H,46,47)(H,48,49)/t33-/m1/s1. The van der Waals surface area contributed by atoms with Crippen molar-refractivity contribution in [2.45, 2.75) is 135 Å². The predicted octanol–water partition coefficient (Wildman–Crippen LogP) is 3.96. The fourth-order valence-electron chi connectivity index (χ4n) is 5.26. The summed E-state index contributed by atoms with van der Waals surface area (Å²) in [4.78, 5) is 57.7. The number of aliphatic carboxylic acids is 2. The number of ether oxygens (including phenoxy) is 4. The Hall–Kier alpha value is -2.85. The average Bonchev–Trinajstić information content (AvgIpc) is 3.12. The molecule has 0 saturated carbocycles. The van der Waals surface area contributed by atoms with Crippen molar-refractivity contribution >= 4 is 29.7 Å². The highest BCUT2D eigenvalue weighted by molar-refractivity contribution is 5.83. The lowest BCUT2D eigenvalue weighted by Crippen LogP contribution is -2.42. The van der Waals surface area contributed by atoms with E-state index in [1.165, 1.54) is 44.9 Å². The summed E-state index contributed by atoms with van der Waals surface area (Å²) in [6.45, 7) is 5.76. The van der Waals surface area contributed by atoms with Crippen LogP contribution in [0.4, 0.5) is 0 Å². The minimum absolute atomic E-state index is 0.00304. The summed E-state index contributed by atoms with van der Waals surface area (Å²) >= 11 is 0. The van der Waals surface area contributed by atoms with Crippen molar-refractivity contribution in [2.24, 2.45) is 0 Å². The molecule has 0 heterocycles. The second kappa shape index (κ2) is 38.9. The molecule has 6 N–H and O–H groups in total. The highest BCUT2D eigenvalue weighted by Gasteiger charge is 2.19. The Morgan fingerprint density at radius 2 is 0.943 bits per heavy atom. The molecule has 15 heteroatoms. The number of carbonyl (C=O) groups excluding carboxylic acids is 3. The zero-order chi connectivity index (χ0) is 39.0. The van der Waals surface area contributed by atoms with Gasteiger partial charge in [0.1, 0.15) is 19.3 Å². The van der Waals surface area contributed by atoms with Gasteiger partial charge in [0.05, 0.1) is 39.6 Å². The van der Waals surface area contributed by atoms with Gasteiger partial charge in [-0.15, -0.1) is 0 Å². The first kappa shape index (κ1) is 50.1. The monoisotopic (exact) mass is 761 g/mol. The van der Waals surface area contributed by atoms with Crippen LogP contribution in [0.15, 0.2) is 0 Å². The van der Waals surface area contributed by atoms with E-state index in [2.05, 4.69) is 28.2 Å². The zero-order valence-electron chi connectivity index (χ0n) is 32.6. The summed E-state index contributed by atoms with van der Waals surface area (Å²) < 4.78 is 21.4. The molecule has 0 aliphatic carbocycles. The first-order chi connectivity index (χ1) is 25.8. The molecule has 310 valence electrons. The van der Waals surface area contributed by atoms with Crippen LogP contribution in [0.2, 0.25) is 0 Å². The topological polar surface area (TPSA) is 211 Å². The summed E-state index contributed by atoms with van der Waals surface area (Å²) in [5.41, 5.74) is 0. The predicted molar refractivity (Wildman–Crippen MR) is 203 cm³/mol. The quantitative estimate of drug-likeness (QED) is 0.0490. The second-order valence-corrected chi connectivity index (χ2v) is 13.2. The van der Waals surface area contributed by atoms with E-state index < -0.39 is 18.0 Å². The Labute approximate surface area is 317 Å². The largest absolute Gasteiger partial charge is 0.481 e. The van der Waals surface area contributed by atoms with E-state index >= 15 is 0 Å². The third-order valence-corrected chi connectivity index (χ3v) is 8.34. The molecule has 0 aromatic carbocycles. The van der Waals surface area contributed by atoms with Gasteiger partial charge in [-0.1, -0.05) is 90.4 Å². The minimum Gasteiger partial charge on any atom is -0.481 e. The first-order valence-electron chi connectivity index (χ1n) is 20.0. The van der Waals surface area contributed by atoms with Gasteiger partial charge in [-0.05, 0) is 32.2 Å². The average molecular weight is 761 g/mol. The van der Waals surface area contributed by atoms with Gasteiger partial charge in [0, 0.05) is 32.5 Å². The van der Waals surface area contributed by atoms with E-state index in [4.69, 9.17) is 24.1 Å². The van der Waals surface area contributed by atoms with Gasteiger partial charge in [-0.25, -0.2) is 4.79 Å². The fraction of sp³-hybridized carbons (Fsp3) is 0.868. The van der Waals surface area contributed by atoms with Crippen LogP contribution in [0.5, 0.6) is 0 Å². The summed E-state index contributed by atoms with van der Waals surface area (Å²) in [6, 6.07) is -0.937. The molecule has 0 aliphatic rings. The molecule has 0 fully saturated rings. The number of amides is 3. The van der Waals surface area contributed by atoms with E-state index in [0.29, 0.717) is 65.6 Å². The number of carboxylic acids is 2. The van der Waals surface area contributed by atoms with Crippen LogP contribution < -0.4 is 21.3 Å². The molecular weight excluding hydrogens is 688 g/mol. The zero-order valence-corrected chi connectivity index (χ0v) is 32.6. The Kier molecular flexibility index (Phi) is 36.8. The number of hydrogen-bond acceptors (Lipinski definition) is 10. The van der Waals surface area contributed by atoms with E-state index in [1.54, 1.807) is 0 Å². The van der Waals surface area contributed by atoms with Gasteiger partial charge in [-0.3, -0.25) is 19.2 Å². The van der Waals surface area contributed by atoms with Gasteiger partial charge in [-0.2, -0.15) is 0 Å². The molecule has 0 radical (unpaired) electrons. The normalized spacial score (nSPS) is 11.6. The van der Waals surface area contributed by atoms with Crippen LogP contribution in [0.25, 0.3) is 0 Å². The van der Waals surface area contributed by atoms with Crippen LogP contribution in [-0.4, -0.2) is 125 Å². The van der Waals surface area contributed by atoms with Crippen LogP contribution in [0.3, 0.4) is 0 Å². The van der Waals surface area contributed by atoms with Crippen molar-refractivity contribution in [3.63, 3.8) is 0 Å². The highest BCUT2D eigenvalue weighted by Crippen LogP contribution is 2.14. The van der Waals surface area contributed by atoms with Crippen LogP contribution in [-0.2, 0) is 42.9 Å². The third-order valence-electron chi connectivity index (χ3n) is 8.34. The van der Waals surface area contributed by atoms with Crippen LogP contribution in [0.1, 0.15) is 129 Å². The lowest BCUT2D eigenvalue weighted by atomic mass is 10.0. The summed E-state index contributed by atoms with van der Waals surface area (Å²) in [7, 11) is 0. The number of rotatable bonds is 41. The highest BCUT2D eigenvalue weighted by atomic mass is 16.5. The van der Waals surface area contributed by atoms with Crippen molar-refractivity contribution in [1.29, 1.82) is 0 Å². The smallest absolute Gasteiger partial charge is 0.326 e. The molecule has 15 nitrogen and oxygen atoms in total. The Morgan fingerprint density at radius 1 is 0.491 bits per heavy atom. The SMILES string of the molecule is CCCCNC(=O)COCCOCCNC(=O)COCCOCCNCC[C@@H](NC(=O)CCCCCCCCCCCCCCCCC(=O)O)C(=O)O. The first-order valence-corrected chi connectivity index (χ1v) is 20.0.